The van der Waals surface area contributed by atoms with E-state index < -0.39 is 17.0 Å². The van der Waals surface area contributed by atoms with Crippen molar-refractivity contribution in [2.45, 2.75) is 55.3 Å². The highest BCUT2D eigenvalue weighted by molar-refractivity contribution is 7.98. The number of aliphatic hydroxyl groups excluding tert-OH is 1. The van der Waals surface area contributed by atoms with E-state index in [1.807, 2.05) is 32.3 Å². The molecule has 0 spiro atoms. The van der Waals surface area contributed by atoms with Crippen LogP contribution in [0.1, 0.15) is 50.9 Å². The van der Waals surface area contributed by atoms with Crippen LogP contribution in [0.4, 0.5) is 17.6 Å². The van der Waals surface area contributed by atoms with Gasteiger partial charge in [0.25, 0.3) is 0 Å². The lowest BCUT2D eigenvalue weighted by molar-refractivity contribution is 0.290. The molecule has 0 saturated heterocycles. The lowest BCUT2D eigenvalue weighted by atomic mass is 9.81. The van der Waals surface area contributed by atoms with Crippen molar-refractivity contribution in [1.29, 1.82) is 0 Å². The number of nitrogens with one attached hydrogen (secondary N) is 1. The molecule has 0 aliphatic heterocycles. The second kappa shape index (κ2) is 18.3. The zero-order valence-corrected chi connectivity index (χ0v) is 27.9. The van der Waals surface area contributed by atoms with Crippen LogP contribution in [0, 0.1) is 17.5 Å². The fourth-order valence-corrected chi connectivity index (χ4v) is 6.31. The Labute approximate surface area is 270 Å². The van der Waals surface area contributed by atoms with E-state index in [1.54, 1.807) is 36.5 Å². The van der Waals surface area contributed by atoms with Gasteiger partial charge in [0.1, 0.15) is 11.6 Å². The third kappa shape index (κ3) is 9.40. The van der Waals surface area contributed by atoms with Gasteiger partial charge in [-0.15, -0.1) is 0 Å². The Kier molecular flexibility index (Phi) is 15.6. The second-order valence-electron chi connectivity index (χ2n) is 9.44. The van der Waals surface area contributed by atoms with Gasteiger partial charge >= 0.3 is 0 Å². The summed E-state index contributed by atoms with van der Waals surface area (Å²) < 4.78 is 62.7. The number of ether oxygens (including phenoxy) is 1. The summed E-state index contributed by atoms with van der Waals surface area (Å²) in [6.07, 6.45) is 2.31. The number of aromatic nitrogens is 2. The average Bonchev–Trinajstić information content (AvgIpc) is 3.46. The molecule has 12 heteroatoms. The zero-order valence-electron chi connectivity index (χ0n) is 25.6. The van der Waals surface area contributed by atoms with Crippen LogP contribution in [-0.2, 0) is 11.2 Å². The third-order valence-corrected chi connectivity index (χ3v) is 8.55. The summed E-state index contributed by atoms with van der Waals surface area (Å²) in [4.78, 5) is 5.27. The van der Waals surface area contributed by atoms with E-state index in [1.165, 1.54) is 55.1 Å². The van der Waals surface area contributed by atoms with Gasteiger partial charge < -0.3 is 9.84 Å². The van der Waals surface area contributed by atoms with Crippen molar-refractivity contribution in [3.05, 3.63) is 100 Å². The third-order valence-electron chi connectivity index (χ3n) is 6.41. The highest BCUT2D eigenvalue weighted by Crippen LogP contribution is 2.39. The van der Waals surface area contributed by atoms with E-state index in [4.69, 9.17) is 21.4 Å². The van der Waals surface area contributed by atoms with Crippen molar-refractivity contribution in [2.75, 3.05) is 27.4 Å². The molecular weight excluding hydrogens is 634 g/mol. The smallest absolute Gasteiger partial charge is 0.173 e. The molecule has 0 radical (unpaired) electrons. The monoisotopic (exact) mass is 671 g/mol. The van der Waals surface area contributed by atoms with Crippen LogP contribution >= 0.6 is 35.3 Å². The fourth-order valence-electron chi connectivity index (χ4n) is 4.11. The lowest BCUT2D eigenvalue weighted by Crippen LogP contribution is -2.23. The predicted octanol–water partition coefficient (Wildman–Crippen LogP) is 9.16. The first-order valence-corrected chi connectivity index (χ1v) is 16.0. The molecule has 3 aromatic carbocycles. The van der Waals surface area contributed by atoms with Crippen LogP contribution in [0.3, 0.4) is 0 Å². The quantitative estimate of drug-likeness (QED) is 0.0678. The summed E-state index contributed by atoms with van der Waals surface area (Å²) in [5.41, 5.74) is 1.91. The molecule has 5 nitrogen and oxygen atoms in total. The van der Waals surface area contributed by atoms with E-state index in [0.29, 0.717) is 41.4 Å². The maximum Gasteiger partial charge on any atom is 0.173 e. The van der Waals surface area contributed by atoms with E-state index in [-0.39, 0.29) is 28.9 Å². The van der Waals surface area contributed by atoms with Crippen molar-refractivity contribution < 1.29 is 27.4 Å². The number of alkyl halides is 1. The van der Waals surface area contributed by atoms with Crippen LogP contribution < -0.4 is 9.46 Å². The molecule has 1 aromatic heterocycles. The molecule has 0 unspecified atom stereocenters. The first kappa shape index (κ1) is 37.5. The van der Waals surface area contributed by atoms with E-state index in [0.717, 1.165) is 11.3 Å². The first-order chi connectivity index (χ1) is 21.1. The van der Waals surface area contributed by atoms with E-state index in [2.05, 4.69) is 9.71 Å². The fraction of sp³-hybridized carbons (Fsp3) is 0.344. The van der Waals surface area contributed by atoms with Crippen LogP contribution in [0.5, 0.6) is 5.75 Å². The number of thioether (sulfide) groups is 1. The molecular formula is C32H38ClF4N3O2S2. The molecule has 0 bridgehead atoms. The van der Waals surface area contributed by atoms with Crippen molar-refractivity contribution >= 4 is 35.3 Å². The highest BCUT2D eigenvalue weighted by Gasteiger charge is 2.30. The molecule has 1 heterocycles. The Bertz CT molecular complexity index is 1450. The van der Waals surface area contributed by atoms with Crippen LogP contribution in [-0.4, -0.2) is 42.1 Å². The van der Waals surface area contributed by atoms with Gasteiger partial charge in [0.2, 0.25) is 0 Å². The van der Waals surface area contributed by atoms with Gasteiger partial charge in [-0.1, -0.05) is 57.1 Å². The molecule has 0 atom stereocenters. The van der Waals surface area contributed by atoms with Crippen LogP contribution in [0.2, 0.25) is 5.02 Å². The summed E-state index contributed by atoms with van der Waals surface area (Å²) >= 11 is 9.02. The van der Waals surface area contributed by atoms with Crippen molar-refractivity contribution in [2.24, 2.45) is 0 Å². The predicted molar refractivity (Wildman–Crippen MR) is 174 cm³/mol. The summed E-state index contributed by atoms with van der Waals surface area (Å²) in [5.74, 6) is -0.946. The number of halogens is 5. The maximum absolute atomic E-state index is 15.1. The molecule has 0 aliphatic rings. The largest absolute Gasteiger partial charge is 0.494 e. The van der Waals surface area contributed by atoms with Gasteiger partial charge in [0.15, 0.2) is 16.7 Å². The Morgan fingerprint density at radius 2 is 1.68 bits per heavy atom. The Morgan fingerprint density at radius 1 is 1.00 bits per heavy atom. The summed E-state index contributed by atoms with van der Waals surface area (Å²) in [6.45, 7) is 8.61. The molecule has 2 N–H and O–H groups in total. The maximum atomic E-state index is 15.1. The lowest BCUT2D eigenvalue weighted by Gasteiger charge is -2.28. The number of nitrogens with zero attached hydrogens (tertiary/aromatic N) is 2. The molecule has 4 aromatic rings. The Balaban J connectivity index is 0.00000162. The number of aliphatic hydroxyl groups is 1. The van der Waals surface area contributed by atoms with Gasteiger partial charge in [-0.2, -0.15) is 0 Å². The van der Waals surface area contributed by atoms with Gasteiger partial charge in [-0.25, -0.2) is 18.2 Å². The summed E-state index contributed by atoms with van der Waals surface area (Å²) in [6, 6.07) is 13.8. The summed E-state index contributed by atoms with van der Waals surface area (Å²) in [5, 5.41) is 9.75. The molecule has 0 fully saturated rings. The SMILES string of the molecule is CC.CF.COc1cc(C(C)(C)c2cnc(SCc3c(F)cc(SNCCCO)cc3Cl)n2-c2ccc(F)cc2)ccc1F. The summed E-state index contributed by atoms with van der Waals surface area (Å²) in [7, 11) is 1.91. The zero-order chi connectivity index (χ0) is 32.9. The van der Waals surface area contributed by atoms with Gasteiger partial charge in [-0.05, 0) is 72.5 Å². The van der Waals surface area contributed by atoms with E-state index in [9.17, 15) is 13.2 Å². The van der Waals surface area contributed by atoms with Crippen molar-refractivity contribution in [3.63, 3.8) is 0 Å². The topological polar surface area (TPSA) is 59.3 Å². The normalized spacial score (nSPS) is 10.9. The number of rotatable bonds is 12. The number of methoxy groups -OCH3 is 1. The molecule has 4 rings (SSSR count). The van der Waals surface area contributed by atoms with Gasteiger partial charge in [-0.3, -0.25) is 13.7 Å². The van der Waals surface area contributed by atoms with Gasteiger partial charge in [0, 0.05) is 45.5 Å². The molecule has 0 aliphatic carbocycles. The minimum atomic E-state index is -0.661. The molecule has 240 valence electrons. The first-order valence-electron chi connectivity index (χ1n) is 13.8. The average molecular weight is 672 g/mol. The van der Waals surface area contributed by atoms with Crippen molar-refractivity contribution in [3.8, 4) is 11.4 Å². The number of imidazole rings is 1. The van der Waals surface area contributed by atoms with Gasteiger partial charge in [0.05, 0.1) is 26.2 Å². The molecule has 0 amide bonds. The Hall–Kier alpha value is -2.70. The molecule has 44 heavy (non-hydrogen) atoms. The van der Waals surface area contributed by atoms with Crippen LogP contribution in [0.25, 0.3) is 5.69 Å². The second-order valence-corrected chi connectivity index (χ2v) is 11.8. The standard InChI is InChI=1S/C29H29ClF3N3O2S2.C2H6.CH3F/c1-29(2,18-5-10-24(32)26(13-18)38-3)27-16-34-28(36(27)20-8-6-19(31)7-9-20)39-17-22-23(30)14-21(15-25(22)33)40-35-11-4-12-37;2*1-2/h5-10,13-16,35,37H,4,11-12,17H2,1-3H3;1-2H3;1H3. The number of hydrogen-bond donors (Lipinski definition) is 2. The minimum absolute atomic E-state index is 0.0729. The molecule has 0 saturated carbocycles. The highest BCUT2D eigenvalue weighted by atomic mass is 35.5. The number of benzene rings is 3. The Morgan fingerprint density at radius 3 is 2.30 bits per heavy atom. The minimum Gasteiger partial charge on any atom is -0.494 e. The van der Waals surface area contributed by atoms with E-state index >= 15 is 4.39 Å². The number of hydrogen-bond acceptors (Lipinski definition) is 6. The van der Waals surface area contributed by atoms with Crippen LogP contribution in [0.15, 0.2) is 70.8 Å². The van der Waals surface area contributed by atoms with Crippen molar-refractivity contribution in [1.82, 2.24) is 14.3 Å².